The molecule has 0 radical (unpaired) electrons. The van der Waals surface area contributed by atoms with Gasteiger partial charge < -0.3 is 16.3 Å². The molecule has 1 amide bonds. The summed E-state index contributed by atoms with van der Waals surface area (Å²) in [5, 5.41) is 15.3. The molecule has 0 saturated carbocycles. The number of carbonyl (C=O) groups excluding carboxylic acids is 2. The average molecular weight is 388 g/mol. The van der Waals surface area contributed by atoms with Crippen LogP contribution in [0.25, 0.3) is 0 Å². The van der Waals surface area contributed by atoms with Crippen LogP contribution in [0.2, 0.25) is 19.6 Å². The number of hydrogen-bond donors (Lipinski definition) is 3. The molecule has 144 valence electrons. The van der Waals surface area contributed by atoms with E-state index in [-0.39, 0.29) is 25.2 Å². The maximum atomic E-state index is 12.2. The van der Waals surface area contributed by atoms with E-state index in [1.54, 1.807) is 24.3 Å². The number of Topliss-reactive ketones (excluding diaryl/α,β-unsaturated/α-hetero) is 1. The molecule has 0 spiro atoms. The molecular weight excluding hydrogens is 362 g/mol. The van der Waals surface area contributed by atoms with Crippen molar-refractivity contribution in [2.75, 3.05) is 5.32 Å². The van der Waals surface area contributed by atoms with Crippen molar-refractivity contribution in [2.45, 2.75) is 38.9 Å². The third-order valence-electron chi connectivity index (χ3n) is 3.47. The van der Waals surface area contributed by atoms with Crippen molar-refractivity contribution in [1.29, 1.82) is 0 Å². The van der Waals surface area contributed by atoms with E-state index in [0.717, 1.165) is 5.56 Å². The molecule has 0 fully saturated rings. The Kier molecular flexibility index (Phi) is 8.42. The van der Waals surface area contributed by atoms with Crippen molar-refractivity contribution < 1.29 is 19.5 Å². The topological polar surface area (TPSA) is 122 Å². The van der Waals surface area contributed by atoms with Crippen LogP contribution >= 0.6 is 0 Å². The van der Waals surface area contributed by atoms with Crippen LogP contribution in [0.4, 0.5) is 5.69 Å². The van der Waals surface area contributed by atoms with Crippen LogP contribution in [0.15, 0.2) is 29.4 Å². The van der Waals surface area contributed by atoms with Crippen LogP contribution in [0.3, 0.4) is 0 Å². The SMILES string of the molecule is C[Si](C)(C)C#CCC(C(=O)O)C(=O)CCC(=O)Nc1ccc(C=NN)cc1. The van der Waals surface area contributed by atoms with E-state index in [4.69, 9.17) is 5.84 Å². The second-order valence-electron chi connectivity index (χ2n) is 7.06. The normalized spacial score (nSPS) is 12.1. The second kappa shape index (κ2) is 10.3. The van der Waals surface area contributed by atoms with Gasteiger partial charge in [-0.2, -0.15) is 5.10 Å². The van der Waals surface area contributed by atoms with E-state index in [9.17, 15) is 19.5 Å². The maximum Gasteiger partial charge on any atom is 0.315 e. The zero-order chi connectivity index (χ0) is 20.4. The van der Waals surface area contributed by atoms with Gasteiger partial charge in [-0.3, -0.25) is 14.4 Å². The quantitative estimate of drug-likeness (QED) is 0.158. The minimum atomic E-state index is -1.63. The van der Waals surface area contributed by atoms with Crippen LogP contribution in [0.1, 0.15) is 24.8 Å². The highest BCUT2D eigenvalue weighted by atomic mass is 28.3. The van der Waals surface area contributed by atoms with Crippen molar-refractivity contribution in [3.63, 3.8) is 0 Å². The van der Waals surface area contributed by atoms with E-state index in [0.29, 0.717) is 5.69 Å². The predicted octanol–water partition coefficient (Wildman–Crippen LogP) is 2.24. The van der Waals surface area contributed by atoms with Crippen LogP contribution in [-0.2, 0) is 14.4 Å². The van der Waals surface area contributed by atoms with Crippen molar-refractivity contribution in [3.05, 3.63) is 29.8 Å². The van der Waals surface area contributed by atoms with Crippen molar-refractivity contribution >= 4 is 37.6 Å². The minimum absolute atomic E-state index is 0.0236. The van der Waals surface area contributed by atoms with Gasteiger partial charge >= 0.3 is 5.97 Å². The monoisotopic (exact) mass is 387 g/mol. The van der Waals surface area contributed by atoms with Crippen LogP contribution in [0.5, 0.6) is 0 Å². The number of rotatable bonds is 8. The molecule has 7 nitrogen and oxygen atoms in total. The summed E-state index contributed by atoms with van der Waals surface area (Å²) in [6.07, 6.45) is 1.22. The average Bonchev–Trinajstić information content (AvgIpc) is 2.57. The Morgan fingerprint density at radius 2 is 1.85 bits per heavy atom. The summed E-state index contributed by atoms with van der Waals surface area (Å²) in [5.74, 6) is 4.63. The molecule has 0 aromatic heterocycles. The molecular formula is C19H25N3O4Si. The lowest BCUT2D eigenvalue weighted by Crippen LogP contribution is -2.25. The van der Waals surface area contributed by atoms with Gasteiger partial charge in [0.05, 0.1) is 6.21 Å². The van der Waals surface area contributed by atoms with Crippen LogP contribution in [0, 0.1) is 17.4 Å². The molecule has 1 atom stereocenters. The Bertz CT molecular complexity index is 771. The molecule has 0 bridgehead atoms. The molecule has 8 heteroatoms. The number of benzene rings is 1. The number of carboxylic acid groups (broad SMARTS) is 1. The Morgan fingerprint density at radius 1 is 1.22 bits per heavy atom. The van der Waals surface area contributed by atoms with Gasteiger partial charge in [-0.15, -0.1) is 11.5 Å². The second-order valence-corrected chi connectivity index (χ2v) is 11.8. The van der Waals surface area contributed by atoms with E-state index in [1.807, 2.05) is 19.6 Å². The zero-order valence-corrected chi connectivity index (χ0v) is 16.8. The van der Waals surface area contributed by atoms with Gasteiger partial charge in [-0.1, -0.05) is 31.8 Å². The number of anilines is 1. The number of aliphatic carboxylic acids is 1. The number of carbonyl (C=O) groups is 3. The number of hydrogen-bond acceptors (Lipinski definition) is 5. The first kappa shape index (κ1) is 22.1. The first-order valence-electron chi connectivity index (χ1n) is 8.51. The third kappa shape index (κ3) is 8.83. The number of nitrogens with two attached hydrogens (primary N) is 1. The highest BCUT2D eigenvalue weighted by Gasteiger charge is 2.25. The molecule has 1 unspecified atom stereocenters. The van der Waals surface area contributed by atoms with Crippen LogP contribution < -0.4 is 11.2 Å². The fourth-order valence-corrected chi connectivity index (χ4v) is 2.76. The first-order chi connectivity index (χ1) is 12.6. The molecule has 0 aliphatic heterocycles. The van der Waals surface area contributed by atoms with Gasteiger partial charge in [0.25, 0.3) is 0 Å². The van der Waals surface area contributed by atoms with Crippen LogP contribution in [-0.4, -0.2) is 37.1 Å². The Labute approximate surface area is 160 Å². The van der Waals surface area contributed by atoms with Gasteiger partial charge in [0.1, 0.15) is 19.8 Å². The number of amides is 1. The zero-order valence-electron chi connectivity index (χ0n) is 15.8. The summed E-state index contributed by atoms with van der Waals surface area (Å²) >= 11 is 0. The number of ketones is 1. The number of carboxylic acids is 1. The smallest absolute Gasteiger partial charge is 0.315 e. The van der Waals surface area contributed by atoms with Gasteiger partial charge in [-0.25, -0.2) is 0 Å². The van der Waals surface area contributed by atoms with Gasteiger partial charge in [0.2, 0.25) is 5.91 Å². The fraction of sp³-hybridized carbons (Fsp3) is 0.368. The standard InChI is InChI=1S/C19H25N3O4Si/c1-27(2,3)12-4-5-16(19(25)26)17(23)10-11-18(24)22-15-8-6-14(7-9-15)13-21-20/h6-9,13,16H,5,10-11,20H2,1-3H3,(H,22,24)(H,25,26). The molecule has 0 aliphatic carbocycles. The first-order valence-corrected chi connectivity index (χ1v) is 12.0. The maximum absolute atomic E-state index is 12.2. The molecule has 1 aromatic carbocycles. The highest BCUT2D eigenvalue weighted by Crippen LogP contribution is 2.12. The minimum Gasteiger partial charge on any atom is -0.481 e. The van der Waals surface area contributed by atoms with E-state index in [2.05, 4.69) is 21.9 Å². The van der Waals surface area contributed by atoms with Crippen molar-refractivity contribution in [2.24, 2.45) is 16.9 Å². The van der Waals surface area contributed by atoms with E-state index < -0.39 is 25.7 Å². The summed E-state index contributed by atoms with van der Waals surface area (Å²) in [4.78, 5) is 35.5. The number of hydrazone groups is 1. The number of nitrogens with zero attached hydrogens (tertiary/aromatic N) is 1. The lowest BCUT2D eigenvalue weighted by Gasteiger charge is -2.09. The third-order valence-corrected chi connectivity index (χ3v) is 4.40. The molecule has 4 N–H and O–H groups in total. The van der Waals surface area contributed by atoms with Crippen molar-refractivity contribution in [1.82, 2.24) is 0 Å². The van der Waals surface area contributed by atoms with E-state index in [1.165, 1.54) is 6.21 Å². The summed E-state index contributed by atoms with van der Waals surface area (Å²) in [6.45, 7) is 6.12. The Morgan fingerprint density at radius 3 is 2.37 bits per heavy atom. The largest absolute Gasteiger partial charge is 0.481 e. The summed E-state index contributed by atoms with van der Waals surface area (Å²) in [6, 6.07) is 6.83. The molecule has 0 heterocycles. The number of nitrogens with one attached hydrogen (secondary N) is 1. The highest BCUT2D eigenvalue weighted by molar-refractivity contribution is 6.83. The molecule has 0 aliphatic rings. The summed E-state index contributed by atoms with van der Waals surface area (Å²) < 4.78 is 0. The Balaban J connectivity index is 2.57. The summed E-state index contributed by atoms with van der Waals surface area (Å²) in [5.41, 5.74) is 4.40. The van der Waals surface area contributed by atoms with Gasteiger partial charge in [-0.05, 0) is 17.7 Å². The lowest BCUT2D eigenvalue weighted by molar-refractivity contribution is -0.146. The van der Waals surface area contributed by atoms with Crippen molar-refractivity contribution in [3.8, 4) is 11.5 Å². The molecule has 1 rings (SSSR count). The molecule has 1 aromatic rings. The van der Waals surface area contributed by atoms with Gasteiger partial charge in [0, 0.05) is 24.9 Å². The van der Waals surface area contributed by atoms with Gasteiger partial charge in [0.15, 0.2) is 0 Å². The Hall–Kier alpha value is -2.92. The molecule has 0 saturated heterocycles. The summed E-state index contributed by atoms with van der Waals surface area (Å²) in [7, 11) is -1.63. The van der Waals surface area contributed by atoms with E-state index >= 15 is 0 Å². The predicted molar refractivity (Wildman–Crippen MR) is 108 cm³/mol. The fourth-order valence-electron chi connectivity index (χ4n) is 2.13. The molecule has 27 heavy (non-hydrogen) atoms. The lowest BCUT2D eigenvalue weighted by atomic mass is 9.97.